The second kappa shape index (κ2) is 3.86. The van der Waals surface area contributed by atoms with Crippen LogP contribution < -0.4 is 0 Å². The number of carboxylic acid groups (broad SMARTS) is 1. The number of hydrogen-bond donors (Lipinski definition) is 1. The molecule has 0 radical (unpaired) electrons. The molecule has 1 aromatic rings. The minimum atomic E-state index is -0.701. The third-order valence-electron chi connectivity index (χ3n) is 3.24. The molecule has 0 fully saturated rings. The van der Waals surface area contributed by atoms with Crippen molar-refractivity contribution in [1.29, 1.82) is 0 Å². The second-order valence-electron chi connectivity index (χ2n) is 4.12. The molecular formula is C12H13ClO2. The van der Waals surface area contributed by atoms with E-state index in [1.807, 2.05) is 25.1 Å². The number of carboxylic acids is 1. The van der Waals surface area contributed by atoms with Gasteiger partial charge in [0, 0.05) is 5.02 Å². The minimum absolute atomic E-state index is 0.0601. The molecule has 0 heterocycles. The standard InChI is InChI=1S/C12H13ClO2/c1-7-10(12(14)15)5-3-8-2-4-9(13)6-11(7)8/h2,4,6-7,10H,3,5H2,1H3,(H,14,15). The fourth-order valence-corrected chi connectivity index (χ4v) is 2.51. The Morgan fingerprint density at radius 3 is 2.93 bits per heavy atom. The van der Waals surface area contributed by atoms with Gasteiger partial charge in [-0.2, -0.15) is 0 Å². The van der Waals surface area contributed by atoms with Gasteiger partial charge in [0.1, 0.15) is 0 Å². The molecule has 1 N–H and O–H groups in total. The number of aryl methyl sites for hydroxylation is 1. The van der Waals surface area contributed by atoms with Crippen LogP contribution >= 0.6 is 11.6 Å². The van der Waals surface area contributed by atoms with Gasteiger partial charge in [0.2, 0.25) is 0 Å². The van der Waals surface area contributed by atoms with E-state index in [1.165, 1.54) is 5.56 Å². The van der Waals surface area contributed by atoms with Crippen LogP contribution in [0.5, 0.6) is 0 Å². The summed E-state index contributed by atoms with van der Waals surface area (Å²) in [6.07, 6.45) is 1.57. The highest BCUT2D eigenvalue weighted by atomic mass is 35.5. The molecule has 0 saturated heterocycles. The second-order valence-corrected chi connectivity index (χ2v) is 4.55. The fraction of sp³-hybridized carbons (Fsp3) is 0.417. The number of benzene rings is 1. The van der Waals surface area contributed by atoms with E-state index in [0.29, 0.717) is 5.02 Å². The normalized spacial score (nSPS) is 24.7. The zero-order valence-corrected chi connectivity index (χ0v) is 9.29. The number of fused-ring (bicyclic) bond motifs is 1. The van der Waals surface area contributed by atoms with Gasteiger partial charge in [0.15, 0.2) is 0 Å². The Kier molecular flexibility index (Phi) is 2.70. The van der Waals surface area contributed by atoms with Crippen molar-refractivity contribution in [1.82, 2.24) is 0 Å². The average molecular weight is 225 g/mol. The molecule has 2 rings (SSSR count). The van der Waals surface area contributed by atoms with Crippen molar-refractivity contribution in [2.24, 2.45) is 5.92 Å². The van der Waals surface area contributed by atoms with E-state index < -0.39 is 5.97 Å². The molecule has 0 saturated carbocycles. The van der Waals surface area contributed by atoms with Crippen LogP contribution in [0.25, 0.3) is 0 Å². The van der Waals surface area contributed by atoms with Gasteiger partial charge in [-0.15, -0.1) is 0 Å². The number of carbonyl (C=O) groups is 1. The third-order valence-corrected chi connectivity index (χ3v) is 3.48. The third kappa shape index (κ3) is 1.86. The quantitative estimate of drug-likeness (QED) is 0.796. The Hall–Kier alpha value is -1.02. The van der Waals surface area contributed by atoms with Crippen LogP contribution in [0.4, 0.5) is 0 Å². The molecule has 2 atom stereocenters. The van der Waals surface area contributed by atoms with Crippen LogP contribution in [0.1, 0.15) is 30.4 Å². The van der Waals surface area contributed by atoms with Crippen molar-refractivity contribution in [2.45, 2.75) is 25.7 Å². The van der Waals surface area contributed by atoms with Gasteiger partial charge in [-0.05, 0) is 42.0 Å². The molecule has 0 spiro atoms. The van der Waals surface area contributed by atoms with Gasteiger partial charge in [0.25, 0.3) is 0 Å². The summed E-state index contributed by atoms with van der Waals surface area (Å²) < 4.78 is 0. The van der Waals surface area contributed by atoms with Gasteiger partial charge in [-0.25, -0.2) is 0 Å². The molecule has 2 unspecified atom stereocenters. The van der Waals surface area contributed by atoms with Gasteiger partial charge < -0.3 is 5.11 Å². The smallest absolute Gasteiger partial charge is 0.307 e. The number of rotatable bonds is 1. The summed E-state index contributed by atoms with van der Waals surface area (Å²) in [5.74, 6) is -0.908. The van der Waals surface area contributed by atoms with Crippen molar-refractivity contribution in [2.75, 3.05) is 0 Å². The van der Waals surface area contributed by atoms with Crippen molar-refractivity contribution in [3.05, 3.63) is 34.3 Å². The predicted molar refractivity (Wildman–Crippen MR) is 59.3 cm³/mol. The van der Waals surface area contributed by atoms with Crippen molar-refractivity contribution < 1.29 is 9.90 Å². The monoisotopic (exact) mass is 224 g/mol. The summed E-state index contributed by atoms with van der Waals surface area (Å²) in [5, 5.41) is 9.76. The van der Waals surface area contributed by atoms with Gasteiger partial charge in [0.05, 0.1) is 5.92 Å². The lowest BCUT2D eigenvalue weighted by Crippen LogP contribution is -2.25. The molecule has 0 amide bonds. The molecule has 0 aliphatic heterocycles. The Morgan fingerprint density at radius 2 is 2.27 bits per heavy atom. The SMILES string of the molecule is CC1c2cc(Cl)ccc2CCC1C(=O)O. The van der Waals surface area contributed by atoms with Crippen molar-refractivity contribution in [3.8, 4) is 0 Å². The van der Waals surface area contributed by atoms with E-state index in [9.17, 15) is 4.79 Å². The Balaban J connectivity index is 2.40. The first kappa shape index (κ1) is 10.5. The number of hydrogen-bond acceptors (Lipinski definition) is 1. The highest BCUT2D eigenvalue weighted by Crippen LogP contribution is 2.37. The van der Waals surface area contributed by atoms with E-state index in [4.69, 9.17) is 16.7 Å². The van der Waals surface area contributed by atoms with Crippen molar-refractivity contribution >= 4 is 17.6 Å². The molecule has 2 nitrogen and oxygen atoms in total. The van der Waals surface area contributed by atoms with Gasteiger partial charge in [-0.3, -0.25) is 4.79 Å². The first-order valence-corrected chi connectivity index (χ1v) is 5.48. The lowest BCUT2D eigenvalue weighted by Gasteiger charge is -2.28. The molecule has 0 bridgehead atoms. The van der Waals surface area contributed by atoms with Crippen LogP contribution in [0, 0.1) is 5.92 Å². The molecular weight excluding hydrogens is 212 g/mol. The van der Waals surface area contributed by atoms with Crippen LogP contribution in [-0.4, -0.2) is 11.1 Å². The summed E-state index contributed by atoms with van der Waals surface area (Å²) in [4.78, 5) is 11.0. The maximum Gasteiger partial charge on any atom is 0.307 e. The molecule has 1 aliphatic rings. The minimum Gasteiger partial charge on any atom is -0.481 e. The van der Waals surface area contributed by atoms with Gasteiger partial charge >= 0.3 is 5.97 Å². The molecule has 0 aromatic heterocycles. The lowest BCUT2D eigenvalue weighted by atomic mass is 9.76. The number of halogens is 1. The molecule has 1 aromatic carbocycles. The Bertz CT molecular complexity index is 401. The van der Waals surface area contributed by atoms with E-state index >= 15 is 0 Å². The highest BCUT2D eigenvalue weighted by molar-refractivity contribution is 6.30. The highest BCUT2D eigenvalue weighted by Gasteiger charge is 2.31. The van der Waals surface area contributed by atoms with Crippen LogP contribution in [0.15, 0.2) is 18.2 Å². The van der Waals surface area contributed by atoms with Crippen molar-refractivity contribution in [3.63, 3.8) is 0 Å². The topological polar surface area (TPSA) is 37.3 Å². The summed E-state index contributed by atoms with van der Waals surface area (Å²) >= 11 is 5.92. The van der Waals surface area contributed by atoms with E-state index in [-0.39, 0.29) is 11.8 Å². The summed E-state index contributed by atoms with van der Waals surface area (Å²) in [7, 11) is 0. The van der Waals surface area contributed by atoms with Crippen LogP contribution in [0.2, 0.25) is 5.02 Å². The predicted octanol–water partition coefficient (Wildman–Crippen LogP) is 3.09. The summed E-state index contributed by atoms with van der Waals surface area (Å²) in [6.45, 7) is 1.97. The van der Waals surface area contributed by atoms with E-state index in [1.54, 1.807) is 0 Å². The lowest BCUT2D eigenvalue weighted by molar-refractivity contribution is -0.142. The van der Waals surface area contributed by atoms with E-state index in [0.717, 1.165) is 18.4 Å². The Morgan fingerprint density at radius 1 is 1.53 bits per heavy atom. The average Bonchev–Trinajstić information content (AvgIpc) is 2.19. The maximum absolute atomic E-state index is 11.0. The van der Waals surface area contributed by atoms with Crippen LogP contribution in [-0.2, 0) is 11.2 Å². The van der Waals surface area contributed by atoms with Crippen LogP contribution in [0.3, 0.4) is 0 Å². The molecule has 1 aliphatic carbocycles. The number of aliphatic carboxylic acids is 1. The first-order chi connectivity index (χ1) is 7.09. The Labute approximate surface area is 93.9 Å². The fourth-order valence-electron chi connectivity index (χ4n) is 2.33. The zero-order valence-electron chi connectivity index (χ0n) is 8.53. The maximum atomic E-state index is 11.0. The summed E-state index contributed by atoms with van der Waals surface area (Å²) in [5.41, 5.74) is 2.34. The molecule has 80 valence electrons. The van der Waals surface area contributed by atoms with Gasteiger partial charge in [-0.1, -0.05) is 24.6 Å². The summed E-state index contributed by atoms with van der Waals surface area (Å²) in [6, 6.07) is 5.77. The molecule has 15 heavy (non-hydrogen) atoms. The largest absolute Gasteiger partial charge is 0.481 e. The molecule has 3 heteroatoms. The first-order valence-electron chi connectivity index (χ1n) is 5.10. The van der Waals surface area contributed by atoms with E-state index in [2.05, 4.69) is 0 Å². The zero-order chi connectivity index (χ0) is 11.0.